The van der Waals surface area contributed by atoms with Gasteiger partial charge in [-0.1, -0.05) is 176 Å². The smallest absolute Gasteiger partial charge is 0.362 e. The third-order valence-corrected chi connectivity index (χ3v) is 10.1. The van der Waals surface area contributed by atoms with Crippen LogP contribution in [0.5, 0.6) is 0 Å². The summed E-state index contributed by atoms with van der Waals surface area (Å²) in [7, 11) is 5.51. The first-order chi connectivity index (χ1) is 29.1. The number of carboxylic acid groups (broad SMARTS) is 1. The van der Waals surface area contributed by atoms with Crippen molar-refractivity contribution in [3.63, 3.8) is 0 Å². The molecule has 60 heavy (non-hydrogen) atoms. The Bertz CT molecular complexity index is 1250. The van der Waals surface area contributed by atoms with Crippen LogP contribution in [0.1, 0.15) is 174 Å². The van der Waals surface area contributed by atoms with E-state index in [1.54, 1.807) is 0 Å². The predicted molar refractivity (Wildman–Crippen MR) is 252 cm³/mol. The number of ether oxygens (including phenoxy) is 3. The molecule has 0 aromatic carbocycles. The van der Waals surface area contributed by atoms with Crippen LogP contribution in [-0.4, -0.2) is 80.6 Å². The summed E-state index contributed by atoms with van der Waals surface area (Å²) in [6.07, 6.45) is 54.9. The highest BCUT2D eigenvalue weighted by Gasteiger charge is 2.31. The van der Waals surface area contributed by atoms with Gasteiger partial charge >= 0.3 is 17.9 Å². The van der Waals surface area contributed by atoms with Crippen molar-refractivity contribution < 1.29 is 38.2 Å². The fourth-order valence-electron chi connectivity index (χ4n) is 6.43. The van der Waals surface area contributed by atoms with Crippen LogP contribution in [0.25, 0.3) is 0 Å². The Morgan fingerprint density at radius 3 is 1.37 bits per heavy atom. The Kier molecular flexibility index (Phi) is 39.8. The number of likely N-dealkylation sites (N-methyl/N-ethyl adjacent to an activating group) is 1. The number of carbonyl (C=O) groups excluding carboxylic acids is 2. The maximum atomic E-state index is 12.7. The number of esters is 2. The summed E-state index contributed by atoms with van der Waals surface area (Å²) in [6.45, 7) is 4.55. The standard InChI is InChI=1S/C52H87NO7/c1-6-8-10-12-14-16-18-20-21-22-23-24-25-26-27-28-29-31-32-34-36-38-40-42-50(54)59-47-48(46-58-45-44-49(52(56)57)53(3,4)5)60-51(55)43-41-39-37-35-33-30-19-17-15-13-11-9-7-2/h8,10,14,16,20-21,23-24,26-27,29,31,34,36,48-49H,6-7,9,11-13,15,17-19,22,25,28,30,32-33,35,37-47H2,1-5H3/p+1/b10-8+,16-14+,21-20+,24-23+,27-26+,31-29+,36-34+. The molecular formula is C52H88NO7+. The second-order valence-electron chi connectivity index (χ2n) is 16.6. The van der Waals surface area contributed by atoms with E-state index < -0.39 is 18.1 Å². The lowest BCUT2D eigenvalue weighted by atomic mass is 10.0. The van der Waals surface area contributed by atoms with E-state index in [4.69, 9.17) is 14.2 Å². The Morgan fingerprint density at radius 1 is 0.517 bits per heavy atom. The molecule has 0 spiro atoms. The first kappa shape index (κ1) is 56.5. The fraction of sp³-hybridized carbons (Fsp3) is 0.673. The summed E-state index contributed by atoms with van der Waals surface area (Å²) in [5.41, 5.74) is 0. The van der Waals surface area contributed by atoms with E-state index in [1.807, 2.05) is 21.1 Å². The van der Waals surface area contributed by atoms with E-state index in [9.17, 15) is 19.5 Å². The number of quaternary nitrogens is 1. The zero-order valence-corrected chi connectivity index (χ0v) is 38.9. The summed E-state index contributed by atoms with van der Waals surface area (Å²) >= 11 is 0. The highest BCUT2D eigenvalue weighted by Crippen LogP contribution is 2.14. The number of aliphatic carboxylic acids is 1. The maximum absolute atomic E-state index is 12.7. The molecule has 1 N–H and O–H groups in total. The van der Waals surface area contributed by atoms with E-state index >= 15 is 0 Å². The molecule has 0 fully saturated rings. The van der Waals surface area contributed by atoms with Gasteiger partial charge in [-0.2, -0.15) is 0 Å². The molecule has 342 valence electrons. The molecule has 0 saturated heterocycles. The van der Waals surface area contributed by atoms with Gasteiger partial charge in [-0.25, -0.2) is 4.79 Å². The highest BCUT2D eigenvalue weighted by molar-refractivity contribution is 5.72. The van der Waals surface area contributed by atoms with Gasteiger partial charge in [0.05, 0.1) is 34.4 Å². The molecule has 0 bridgehead atoms. The summed E-state index contributed by atoms with van der Waals surface area (Å²) in [4.78, 5) is 37.0. The Labute approximate surface area is 367 Å². The van der Waals surface area contributed by atoms with Gasteiger partial charge < -0.3 is 23.8 Å². The summed E-state index contributed by atoms with van der Waals surface area (Å²) in [5, 5.41) is 9.63. The van der Waals surface area contributed by atoms with Crippen molar-refractivity contribution in [1.82, 2.24) is 0 Å². The van der Waals surface area contributed by atoms with Crippen molar-refractivity contribution in [1.29, 1.82) is 0 Å². The molecular weight excluding hydrogens is 751 g/mol. The van der Waals surface area contributed by atoms with E-state index in [0.29, 0.717) is 19.3 Å². The van der Waals surface area contributed by atoms with Crippen molar-refractivity contribution in [3.05, 3.63) is 85.1 Å². The lowest BCUT2D eigenvalue weighted by Crippen LogP contribution is -2.50. The van der Waals surface area contributed by atoms with Gasteiger partial charge in [0, 0.05) is 19.3 Å². The largest absolute Gasteiger partial charge is 0.477 e. The molecule has 2 atom stereocenters. The topological polar surface area (TPSA) is 99.1 Å². The van der Waals surface area contributed by atoms with Gasteiger partial charge in [0.1, 0.15) is 6.61 Å². The number of carbonyl (C=O) groups is 3. The minimum atomic E-state index is -0.885. The molecule has 0 saturated carbocycles. The van der Waals surface area contributed by atoms with Gasteiger partial charge in [0.2, 0.25) is 0 Å². The molecule has 8 nitrogen and oxygen atoms in total. The Hall–Kier alpha value is -3.49. The van der Waals surface area contributed by atoms with E-state index in [2.05, 4.69) is 98.9 Å². The third kappa shape index (κ3) is 39.9. The monoisotopic (exact) mass is 839 g/mol. The number of hydrogen-bond acceptors (Lipinski definition) is 6. The molecule has 0 aromatic rings. The van der Waals surface area contributed by atoms with Crippen LogP contribution in [0, 0.1) is 0 Å². The summed E-state index contributed by atoms with van der Waals surface area (Å²) < 4.78 is 17.2. The van der Waals surface area contributed by atoms with Crippen LogP contribution < -0.4 is 0 Å². The van der Waals surface area contributed by atoms with Gasteiger partial charge in [0.15, 0.2) is 12.1 Å². The normalized spacial score (nSPS) is 13.7. The minimum Gasteiger partial charge on any atom is -0.477 e. The van der Waals surface area contributed by atoms with Gasteiger partial charge in [-0.05, 0) is 64.2 Å². The van der Waals surface area contributed by atoms with Crippen LogP contribution in [0.4, 0.5) is 0 Å². The van der Waals surface area contributed by atoms with Crippen molar-refractivity contribution in [2.24, 2.45) is 0 Å². The number of unbranched alkanes of at least 4 members (excludes halogenated alkanes) is 13. The second-order valence-corrected chi connectivity index (χ2v) is 16.6. The zero-order valence-electron chi connectivity index (χ0n) is 38.9. The van der Waals surface area contributed by atoms with Crippen LogP contribution in [0.15, 0.2) is 85.1 Å². The second kappa shape index (κ2) is 42.2. The van der Waals surface area contributed by atoms with Crippen molar-refractivity contribution in [2.75, 3.05) is 41.0 Å². The van der Waals surface area contributed by atoms with Crippen molar-refractivity contribution in [2.45, 2.75) is 187 Å². The number of allylic oxidation sites excluding steroid dienone is 14. The minimum absolute atomic E-state index is 0.0401. The van der Waals surface area contributed by atoms with Gasteiger partial charge in [-0.3, -0.25) is 9.59 Å². The molecule has 0 rings (SSSR count). The van der Waals surface area contributed by atoms with Crippen molar-refractivity contribution in [3.8, 4) is 0 Å². The number of rotatable bonds is 41. The fourth-order valence-corrected chi connectivity index (χ4v) is 6.43. The molecule has 0 aliphatic rings. The van der Waals surface area contributed by atoms with E-state index in [-0.39, 0.29) is 42.7 Å². The average molecular weight is 839 g/mol. The summed E-state index contributed by atoms with van der Waals surface area (Å²) in [6, 6.07) is -0.626. The molecule has 0 radical (unpaired) electrons. The molecule has 0 amide bonds. The molecule has 0 aliphatic heterocycles. The molecule has 8 heteroatoms. The van der Waals surface area contributed by atoms with Crippen LogP contribution in [0.2, 0.25) is 0 Å². The van der Waals surface area contributed by atoms with E-state index in [1.165, 1.54) is 64.2 Å². The Morgan fingerprint density at radius 2 is 0.933 bits per heavy atom. The SMILES string of the molecule is CC/C=C/C/C=C/C/C=C/C/C=C/C/C=C/C/C=C/C/C=C/CCCC(=O)OCC(COCCC(C(=O)O)[N+](C)(C)C)OC(=O)CCCCCCCCCCCCCCC. The Balaban J connectivity index is 4.39. The predicted octanol–water partition coefficient (Wildman–Crippen LogP) is 13.3. The number of carboxylic acids is 1. The quantitative estimate of drug-likeness (QED) is 0.0283. The molecule has 0 aromatic heterocycles. The van der Waals surface area contributed by atoms with Crippen LogP contribution in [0.3, 0.4) is 0 Å². The van der Waals surface area contributed by atoms with Crippen molar-refractivity contribution >= 4 is 17.9 Å². The number of hydrogen-bond donors (Lipinski definition) is 1. The summed E-state index contributed by atoms with van der Waals surface area (Å²) in [5.74, 6) is -1.55. The average Bonchev–Trinajstić information content (AvgIpc) is 3.21. The third-order valence-electron chi connectivity index (χ3n) is 10.1. The lowest BCUT2D eigenvalue weighted by molar-refractivity contribution is -0.887. The number of nitrogens with zero attached hydrogens (tertiary/aromatic N) is 1. The van der Waals surface area contributed by atoms with E-state index in [0.717, 1.165) is 70.6 Å². The zero-order chi connectivity index (χ0) is 44.2. The maximum Gasteiger partial charge on any atom is 0.362 e. The van der Waals surface area contributed by atoms with Gasteiger partial charge in [-0.15, -0.1) is 0 Å². The van der Waals surface area contributed by atoms with Crippen LogP contribution >= 0.6 is 0 Å². The van der Waals surface area contributed by atoms with Crippen LogP contribution in [-0.2, 0) is 28.6 Å². The van der Waals surface area contributed by atoms with Gasteiger partial charge in [0.25, 0.3) is 0 Å². The molecule has 0 aliphatic carbocycles. The first-order valence-corrected chi connectivity index (χ1v) is 23.6. The highest BCUT2D eigenvalue weighted by atomic mass is 16.6. The molecule has 2 unspecified atom stereocenters. The first-order valence-electron chi connectivity index (χ1n) is 23.6. The molecule has 0 heterocycles. The lowest BCUT2D eigenvalue weighted by Gasteiger charge is -2.31.